The average molecular weight is 663 g/mol. The molecule has 0 amide bonds. The van der Waals surface area contributed by atoms with Gasteiger partial charge in [0.25, 0.3) is 0 Å². The Hall–Kier alpha value is -7.04. The number of nitrogens with zero attached hydrogens (tertiary/aromatic N) is 4. The predicted octanol–water partition coefficient (Wildman–Crippen LogP) is 12.3. The zero-order chi connectivity index (χ0) is 34.2. The van der Waals surface area contributed by atoms with E-state index in [9.17, 15) is 0 Å². The van der Waals surface area contributed by atoms with Gasteiger partial charge in [-0.2, -0.15) is 0 Å². The first kappa shape index (κ1) is 28.8. The molecule has 0 bridgehead atoms. The summed E-state index contributed by atoms with van der Waals surface area (Å²) in [6.45, 7) is 0. The summed E-state index contributed by atoms with van der Waals surface area (Å²) in [6, 6.07) is 64.9. The first-order chi connectivity index (χ1) is 25.8. The lowest BCUT2D eigenvalue weighted by atomic mass is 10.0. The lowest BCUT2D eigenvalue weighted by molar-refractivity contribution is 1.01. The van der Waals surface area contributed by atoms with Gasteiger partial charge in [0.15, 0.2) is 0 Å². The van der Waals surface area contributed by atoms with Gasteiger partial charge in [0, 0.05) is 32.5 Å². The summed E-state index contributed by atoms with van der Waals surface area (Å²) in [6.07, 6.45) is 0. The Bertz CT molecular complexity index is 3120. The Morgan fingerprint density at radius 1 is 0.346 bits per heavy atom. The molecular formula is C48H30N4. The molecule has 0 saturated heterocycles. The molecule has 0 spiro atoms. The molecule has 0 aliphatic heterocycles. The Morgan fingerprint density at radius 3 is 1.67 bits per heavy atom. The van der Waals surface area contributed by atoms with Crippen LogP contribution in [0.15, 0.2) is 182 Å². The highest BCUT2D eigenvalue weighted by atomic mass is 15.2. The second kappa shape index (κ2) is 11.2. The second-order valence-corrected chi connectivity index (χ2v) is 13.4. The number of hydrogen-bond acceptors (Lipinski definition) is 2. The van der Waals surface area contributed by atoms with Gasteiger partial charge >= 0.3 is 0 Å². The van der Waals surface area contributed by atoms with Crippen molar-refractivity contribution < 1.29 is 0 Å². The van der Waals surface area contributed by atoms with Gasteiger partial charge in [0.1, 0.15) is 0 Å². The summed E-state index contributed by atoms with van der Waals surface area (Å²) in [5, 5.41) is 8.21. The standard InChI is InChI=1S/C48H30N4/c1-2-13-31(14-3-1)32-25-27-33(28-26-32)47-38-19-6-9-20-40(38)49-48(50-47)52-44-24-12-23-43(46(44)39-29-34-15-4-5-16-35(34)30-45(39)52)51-41-21-10-7-17-36(41)37-18-8-11-22-42(37)51/h1-30H. The van der Waals surface area contributed by atoms with Gasteiger partial charge in [-0.15, -0.1) is 0 Å². The summed E-state index contributed by atoms with van der Waals surface area (Å²) in [7, 11) is 0. The van der Waals surface area contributed by atoms with Crippen molar-refractivity contribution in [3.05, 3.63) is 182 Å². The number of hydrogen-bond donors (Lipinski definition) is 0. The fourth-order valence-corrected chi connectivity index (χ4v) is 8.15. The van der Waals surface area contributed by atoms with Crippen molar-refractivity contribution in [1.29, 1.82) is 0 Å². The average Bonchev–Trinajstić information content (AvgIpc) is 3.72. The monoisotopic (exact) mass is 662 g/mol. The molecule has 0 N–H and O–H groups in total. The highest BCUT2D eigenvalue weighted by Crippen LogP contribution is 2.41. The van der Waals surface area contributed by atoms with Crippen LogP contribution in [0.5, 0.6) is 0 Å². The van der Waals surface area contributed by atoms with Gasteiger partial charge < -0.3 is 4.57 Å². The molecule has 0 unspecified atom stereocenters. The first-order valence-electron chi connectivity index (χ1n) is 17.7. The quantitative estimate of drug-likeness (QED) is 0.188. The molecule has 0 aliphatic rings. The Balaban J connectivity index is 1.23. The lowest BCUT2D eigenvalue weighted by Gasteiger charge is -2.13. The fraction of sp³-hybridized carbons (Fsp3) is 0. The topological polar surface area (TPSA) is 35.6 Å². The van der Waals surface area contributed by atoms with Crippen molar-refractivity contribution >= 4 is 65.3 Å². The SMILES string of the molecule is c1ccc(-c2ccc(-c3nc(-n4c5cc6ccccc6cc5c5c(-n6c7ccccc7c7ccccc76)cccc54)nc4ccccc34)cc2)cc1. The molecule has 242 valence electrons. The molecular weight excluding hydrogens is 633 g/mol. The highest BCUT2D eigenvalue weighted by molar-refractivity contribution is 6.18. The summed E-state index contributed by atoms with van der Waals surface area (Å²) >= 11 is 0. The van der Waals surface area contributed by atoms with Gasteiger partial charge in [0.05, 0.1) is 39.0 Å². The molecule has 11 aromatic rings. The number of rotatable bonds is 4. The minimum absolute atomic E-state index is 0.649. The Labute approximate surface area is 299 Å². The molecule has 11 rings (SSSR count). The number of para-hydroxylation sites is 3. The second-order valence-electron chi connectivity index (χ2n) is 13.4. The van der Waals surface area contributed by atoms with E-state index < -0.39 is 0 Å². The van der Waals surface area contributed by atoms with E-state index in [4.69, 9.17) is 9.97 Å². The maximum absolute atomic E-state index is 5.43. The molecule has 3 heterocycles. The Kier molecular flexibility index (Phi) is 6.22. The maximum Gasteiger partial charge on any atom is 0.235 e. The minimum Gasteiger partial charge on any atom is -0.309 e. The van der Waals surface area contributed by atoms with Gasteiger partial charge in [-0.25, -0.2) is 9.97 Å². The van der Waals surface area contributed by atoms with Gasteiger partial charge in [-0.1, -0.05) is 140 Å². The molecule has 4 nitrogen and oxygen atoms in total. The van der Waals surface area contributed by atoms with Crippen molar-refractivity contribution in [1.82, 2.24) is 19.1 Å². The van der Waals surface area contributed by atoms with E-state index in [1.807, 2.05) is 0 Å². The van der Waals surface area contributed by atoms with Crippen LogP contribution in [-0.2, 0) is 0 Å². The number of fused-ring (bicyclic) bond motifs is 8. The maximum atomic E-state index is 5.43. The van der Waals surface area contributed by atoms with Crippen LogP contribution in [0.3, 0.4) is 0 Å². The largest absolute Gasteiger partial charge is 0.309 e. The van der Waals surface area contributed by atoms with E-state index >= 15 is 0 Å². The molecule has 0 aliphatic carbocycles. The van der Waals surface area contributed by atoms with Crippen molar-refractivity contribution in [2.45, 2.75) is 0 Å². The molecule has 0 saturated carbocycles. The van der Waals surface area contributed by atoms with Crippen molar-refractivity contribution in [3.8, 4) is 34.0 Å². The van der Waals surface area contributed by atoms with Crippen LogP contribution < -0.4 is 0 Å². The summed E-state index contributed by atoms with van der Waals surface area (Å²) < 4.78 is 4.69. The predicted molar refractivity (Wildman–Crippen MR) is 217 cm³/mol. The van der Waals surface area contributed by atoms with Crippen LogP contribution in [0.2, 0.25) is 0 Å². The molecule has 3 aromatic heterocycles. The van der Waals surface area contributed by atoms with E-state index in [-0.39, 0.29) is 0 Å². The molecule has 0 fully saturated rings. The highest BCUT2D eigenvalue weighted by Gasteiger charge is 2.22. The third kappa shape index (κ3) is 4.28. The number of benzene rings is 8. The third-order valence-corrected chi connectivity index (χ3v) is 10.5. The zero-order valence-corrected chi connectivity index (χ0v) is 28.1. The van der Waals surface area contributed by atoms with Crippen molar-refractivity contribution in [3.63, 3.8) is 0 Å². The lowest BCUT2D eigenvalue weighted by Crippen LogP contribution is -2.03. The van der Waals surface area contributed by atoms with Gasteiger partial charge in [0.2, 0.25) is 5.95 Å². The molecule has 4 heteroatoms. The normalized spacial score (nSPS) is 11.8. The van der Waals surface area contributed by atoms with Crippen molar-refractivity contribution in [2.75, 3.05) is 0 Å². The van der Waals surface area contributed by atoms with Crippen LogP contribution >= 0.6 is 0 Å². The third-order valence-electron chi connectivity index (χ3n) is 10.5. The van der Waals surface area contributed by atoms with E-state index in [1.165, 1.54) is 49.1 Å². The van der Waals surface area contributed by atoms with E-state index in [0.717, 1.165) is 44.3 Å². The summed E-state index contributed by atoms with van der Waals surface area (Å²) in [4.78, 5) is 10.7. The van der Waals surface area contributed by atoms with Crippen LogP contribution in [-0.4, -0.2) is 19.1 Å². The van der Waals surface area contributed by atoms with Crippen molar-refractivity contribution in [2.24, 2.45) is 0 Å². The summed E-state index contributed by atoms with van der Waals surface area (Å²) in [5.41, 5.74) is 10.9. The van der Waals surface area contributed by atoms with Crippen LogP contribution in [0, 0.1) is 0 Å². The summed E-state index contributed by atoms with van der Waals surface area (Å²) in [5.74, 6) is 0.649. The van der Waals surface area contributed by atoms with Gasteiger partial charge in [-0.05, 0) is 64.4 Å². The van der Waals surface area contributed by atoms with Crippen LogP contribution in [0.25, 0.3) is 99.3 Å². The van der Waals surface area contributed by atoms with E-state index in [1.54, 1.807) is 0 Å². The Morgan fingerprint density at radius 2 is 0.923 bits per heavy atom. The zero-order valence-electron chi connectivity index (χ0n) is 28.1. The fourth-order valence-electron chi connectivity index (χ4n) is 8.15. The molecule has 52 heavy (non-hydrogen) atoms. The number of aromatic nitrogens is 4. The van der Waals surface area contributed by atoms with Gasteiger partial charge in [-0.3, -0.25) is 4.57 Å². The van der Waals surface area contributed by atoms with Crippen LogP contribution in [0.4, 0.5) is 0 Å². The smallest absolute Gasteiger partial charge is 0.235 e. The molecule has 0 radical (unpaired) electrons. The van der Waals surface area contributed by atoms with E-state index in [2.05, 4.69) is 191 Å². The molecule has 8 aromatic carbocycles. The molecule has 0 atom stereocenters. The first-order valence-corrected chi connectivity index (χ1v) is 17.7. The van der Waals surface area contributed by atoms with Crippen LogP contribution in [0.1, 0.15) is 0 Å². The minimum atomic E-state index is 0.649. The van der Waals surface area contributed by atoms with E-state index in [0.29, 0.717) is 5.95 Å².